The van der Waals surface area contributed by atoms with Gasteiger partial charge in [0.25, 0.3) is 0 Å². The minimum atomic E-state index is -3.64. The summed E-state index contributed by atoms with van der Waals surface area (Å²) in [5.41, 5.74) is 0.383. The maximum Gasteiger partial charge on any atom is 0.246 e. The van der Waals surface area contributed by atoms with Crippen LogP contribution in [0.2, 0.25) is 0 Å². The lowest BCUT2D eigenvalue weighted by Gasteiger charge is -2.21. The Hall–Kier alpha value is -1.85. The number of rotatable bonds is 9. The van der Waals surface area contributed by atoms with E-state index in [1.807, 2.05) is 13.2 Å². The molecule has 2 rings (SSSR count). The zero-order valence-electron chi connectivity index (χ0n) is 14.6. The third-order valence-corrected chi connectivity index (χ3v) is 6.07. The van der Waals surface area contributed by atoms with Crippen molar-refractivity contribution in [3.05, 3.63) is 24.3 Å². The maximum absolute atomic E-state index is 12.2. The van der Waals surface area contributed by atoms with E-state index in [-0.39, 0.29) is 6.54 Å². The van der Waals surface area contributed by atoms with Gasteiger partial charge < -0.3 is 4.74 Å². The molecule has 11 heteroatoms. The Kier molecular flexibility index (Phi) is 7.23. The molecule has 0 saturated heterocycles. The van der Waals surface area contributed by atoms with Crippen molar-refractivity contribution in [3.8, 4) is 5.75 Å². The molecule has 1 heterocycles. The molecule has 8 nitrogen and oxygen atoms in total. The molecule has 0 fully saturated rings. The molecule has 0 bridgehead atoms. The molecule has 0 aliphatic carbocycles. The van der Waals surface area contributed by atoms with Crippen LogP contribution < -0.4 is 14.4 Å². The SMILES string of the molecule is CCCOc1ccc(N(CC(=O)Nc2nnc(SC)s2)S(C)(=O)=O)cc1. The number of thioether (sulfide) groups is 1. The molecule has 0 spiro atoms. The number of nitrogens with one attached hydrogen (secondary N) is 1. The van der Waals surface area contributed by atoms with Crippen molar-refractivity contribution in [1.29, 1.82) is 0 Å². The second-order valence-corrected chi connectivity index (χ2v) is 9.18. The molecule has 1 amide bonds. The summed E-state index contributed by atoms with van der Waals surface area (Å²) < 4.78 is 31.5. The van der Waals surface area contributed by atoms with Crippen LogP contribution in [-0.2, 0) is 14.8 Å². The van der Waals surface area contributed by atoms with Crippen LogP contribution in [0.25, 0.3) is 0 Å². The van der Waals surface area contributed by atoms with Gasteiger partial charge in [-0.2, -0.15) is 0 Å². The number of sulfonamides is 1. The highest BCUT2D eigenvalue weighted by Gasteiger charge is 2.21. The van der Waals surface area contributed by atoms with E-state index >= 15 is 0 Å². The number of benzene rings is 1. The fourth-order valence-electron chi connectivity index (χ4n) is 1.96. The van der Waals surface area contributed by atoms with Crippen LogP contribution in [0.1, 0.15) is 13.3 Å². The third kappa shape index (κ3) is 5.85. The Morgan fingerprint density at radius 1 is 1.31 bits per heavy atom. The highest BCUT2D eigenvalue weighted by Crippen LogP contribution is 2.24. The molecule has 26 heavy (non-hydrogen) atoms. The number of anilines is 2. The largest absolute Gasteiger partial charge is 0.494 e. The summed E-state index contributed by atoms with van der Waals surface area (Å²) >= 11 is 2.64. The Bertz CT molecular complexity index is 837. The van der Waals surface area contributed by atoms with E-state index in [9.17, 15) is 13.2 Å². The molecule has 0 radical (unpaired) electrons. The van der Waals surface area contributed by atoms with Gasteiger partial charge in [0.15, 0.2) is 4.34 Å². The number of ether oxygens (including phenoxy) is 1. The molecule has 1 aromatic carbocycles. The van der Waals surface area contributed by atoms with Crippen LogP contribution in [0, 0.1) is 0 Å². The number of amides is 1. The predicted octanol–water partition coefficient (Wildman–Crippen LogP) is 2.45. The first-order valence-electron chi connectivity index (χ1n) is 7.71. The van der Waals surface area contributed by atoms with Gasteiger partial charge in [0.05, 0.1) is 18.6 Å². The van der Waals surface area contributed by atoms with Gasteiger partial charge in [0.1, 0.15) is 12.3 Å². The number of hydrogen-bond acceptors (Lipinski definition) is 8. The van der Waals surface area contributed by atoms with Crippen molar-refractivity contribution in [2.75, 3.05) is 35.3 Å². The molecule has 2 aromatic rings. The molecule has 0 saturated carbocycles. The van der Waals surface area contributed by atoms with Crippen LogP contribution in [0.3, 0.4) is 0 Å². The molecule has 1 aromatic heterocycles. The van der Waals surface area contributed by atoms with Crippen LogP contribution in [-0.4, -0.2) is 50.2 Å². The molecule has 142 valence electrons. The standard InChI is InChI=1S/C15H20N4O4S3/c1-4-9-23-12-7-5-11(6-8-12)19(26(3,21)22)10-13(20)16-14-17-18-15(24-2)25-14/h5-8H,4,9-10H2,1-3H3,(H,16,17,20). The van der Waals surface area contributed by atoms with E-state index in [1.165, 1.54) is 23.1 Å². The maximum atomic E-state index is 12.2. The highest BCUT2D eigenvalue weighted by atomic mass is 32.2. The monoisotopic (exact) mass is 416 g/mol. The van der Waals surface area contributed by atoms with Crippen LogP contribution in [0.4, 0.5) is 10.8 Å². The first-order valence-corrected chi connectivity index (χ1v) is 11.6. The van der Waals surface area contributed by atoms with Crippen LogP contribution in [0.5, 0.6) is 5.75 Å². The van der Waals surface area contributed by atoms with Gasteiger partial charge in [-0.15, -0.1) is 10.2 Å². The summed E-state index contributed by atoms with van der Waals surface area (Å²) in [6.45, 7) is 2.22. The fourth-order valence-corrected chi connectivity index (χ4v) is 4.00. The lowest BCUT2D eigenvalue weighted by atomic mass is 10.3. The Morgan fingerprint density at radius 3 is 2.54 bits per heavy atom. The van der Waals surface area contributed by atoms with E-state index in [0.29, 0.717) is 27.5 Å². The summed E-state index contributed by atoms with van der Waals surface area (Å²) in [5.74, 6) is 0.150. The van der Waals surface area contributed by atoms with Gasteiger partial charge in [-0.3, -0.25) is 14.4 Å². The van der Waals surface area contributed by atoms with E-state index < -0.39 is 15.9 Å². The second-order valence-electron chi connectivity index (χ2n) is 5.24. The van der Waals surface area contributed by atoms with E-state index in [1.54, 1.807) is 24.3 Å². The Morgan fingerprint density at radius 2 is 2.00 bits per heavy atom. The second kappa shape index (κ2) is 9.19. The summed E-state index contributed by atoms with van der Waals surface area (Å²) in [5, 5.41) is 10.6. The Balaban J connectivity index is 2.10. The van der Waals surface area contributed by atoms with Gasteiger partial charge in [-0.1, -0.05) is 30.0 Å². The summed E-state index contributed by atoms with van der Waals surface area (Å²) in [7, 11) is -3.64. The van der Waals surface area contributed by atoms with E-state index in [2.05, 4.69) is 15.5 Å². The lowest BCUT2D eigenvalue weighted by molar-refractivity contribution is -0.114. The topological polar surface area (TPSA) is 101 Å². The smallest absolute Gasteiger partial charge is 0.246 e. The minimum absolute atomic E-state index is 0.330. The molecule has 0 unspecified atom stereocenters. The van der Waals surface area contributed by atoms with Crippen molar-refractivity contribution in [2.24, 2.45) is 0 Å². The molecular weight excluding hydrogens is 396 g/mol. The number of hydrogen-bond donors (Lipinski definition) is 1. The van der Waals surface area contributed by atoms with Gasteiger partial charge in [0, 0.05) is 0 Å². The third-order valence-electron chi connectivity index (χ3n) is 3.11. The minimum Gasteiger partial charge on any atom is -0.494 e. The normalized spacial score (nSPS) is 11.2. The number of carbonyl (C=O) groups is 1. The average molecular weight is 417 g/mol. The molecule has 0 aliphatic heterocycles. The highest BCUT2D eigenvalue weighted by molar-refractivity contribution is 8.00. The number of carbonyl (C=O) groups excluding carboxylic acids is 1. The first-order chi connectivity index (χ1) is 12.3. The van der Waals surface area contributed by atoms with Crippen molar-refractivity contribution in [2.45, 2.75) is 17.7 Å². The van der Waals surface area contributed by atoms with Crippen LogP contribution in [0.15, 0.2) is 28.6 Å². The molecule has 1 N–H and O–H groups in total. The lowest BCUT2D eigenvalue weighted by Crippen LogP contribution is -2.37. The molecular formula is C15H20N4O4S3. The van der Waals surface area contributed by atoms with Gasteiger partial charge in [0.2, 0.25) is 21.1 Å². The zero-order chi connectivity index (χ0) is 19.2. The van der Waals surface area contributed by atoms with Gasteiger partial charge in [-0.25, -0.2) is 8.42 Å². The van der Waals surface area contributed by atoms with Gasteiger partial charge >= 0.3 is 0 Å². The Labute approximate surface area is 161 Å². The first kappa shape index (κ1) is 20.5. The quantitative estimate of drug-likeness (QED) is 0.495. The summed E-state index contributed by atoms with van der Waals surface area (Å²) in [6, 6.07) is 6.57. The van der Waals surface area contributed by atoms with Gasteiger partial charge in [-0.05, 0) is 36.9 Å². The molecule has 0 atom stereocenters. The van der Waals surface area contributed by atoms with Crippen molar-refractivity contribution in [3.63, 3.8) is 0 Å². The number of aromatic nitrogens is 2. The van der Waals surface area contributed by atoms with Crippen molar-refractivity contribution < 1.29 is 17.9 Å². The fraction of sp³-hybridized carbons (Fsp3) is 0.400. The molecule has 0 aliphatic rings. The van der Waals surface area contributed by atoms with Crippen LogP contribution >= 0.6 is 23.1 Å². The number of nitrogens with zero attached hydrogens (tertiary/aromatic N) is 3. The zero-order valence-corrected chi connectivity index (χ0v) is 17.1. The predicted molar refractivity (Wildman–Crippen MR) is 105 cm³/mol. The van der Waals surface area contributed by atoms with E-state index in [4.69, 9.17) is 4.74 Å². The van der Waals surface area contributed by atoms with Crippen molar-refractivity contribution in [1.82, 2.24) is 10.2 Å². The summed E-state index contributed by atoms with van der Waals surface area (Å²) in [6.07, 6.45) is 3.78. The van der Waals surface area contributed by atoms with Crippen molar-refractivity contribution >= 4 is 49.8 Å². The summed E-state index contributed by atoms with van der Waals surface area (Å²) in [4.78, 5) is 12.2. The van der Waals surface area contributed by atoms with E-state index in [0.717, 1.165) is 17.0 Å². The average Bonchev–Trinajstić information content (AvgIpc) is 3.05.